The number of nitrogens with zero attached hydrogens (tertiary/aromatic N) is 4. The fraction of sp³-hybridized carbons (Fsp3) is 0.273. The van der Waals surface area contributed by atoms with Gasteiger partial charge in [-0.15, -0.1) is 0 Å². The molecular formula is C22H18ClF3N4O2. The van der Waals surface area contributed by atoms with Gasteiger partial charge in [0, 0.05) is 35.5 Å². The number of alkyl halides is 3. The number of halogens is 4. The van der Waals surface area contributed by atoms with Crippen LogP contribution in [-0.4, -0.2) is 33.0 Å². The van der Waals surface area contributed by atoms with E-state index in [2.05, 4.69) is 10.1 Å². The Labute approximate surface area is 186 Å². The van der Waals surface area contributed by atoms with Crippen molar-refractivity contribution in [2.45, 2.75) is 32.5 Å². The molecule has 4 rings (SSSR count). The van der Waals surface area contributed by atoms with Crippen LogP contribution in [0.1, 0.15) is 50.6 Å². The second-order valence-electron chi connectivity index (χ2n) is 7.69. The summed E-state index contributed by atoms with van der Waals surface area (Å²) in [4.78, 5) is 31.5. The molecule has 0 unspecified atom stereocenters. The molecule has 1 aromatic carbocycles. The number of aryl methyl sites for hydroxylation is 1. The van der Waals surface area contributed by atoms with Gasteiger partial charge in [-0.25, -0.2) is 4.98 Å². The van der Waals surface area contributed by atoms with Crippen LogP contribution in [0.3, 0.4) is 0 Å². The summed E-state index contributed by atoms with van der Waals surface area (Å²) in [6.07, 6.45) is -3.06. The first-order valence-electron chi connectivity index (χ1n) is 9.77. The number of pyridine rings is 1. The van der Waals surface area contributed by atoms with Crippen molar-refractivity contribution < 1.29 is 22.8 Å². The van der Waals surface area contributed by atoms with Crippen molar-refractivity contribution in [2.75, 3.05) is 11.4 Å². The minimum atomic E-state index is -4.46. The lowest BCUT2D eigenvalue weighted by atomic mass is 10.0. The molecule has 0 fully saturated rings. The molecule has 0 radical (unpaired) electrons. The summed E-state index contributed by atoms with van der Waals surface area (Å²) in [6.45, 7) is 3.81. The zero-order chi connectivity index (χ0) is 23.2. The summed E-state index contributed by atoms with van der Waals surface area (Å²) in [5, 5.41) is 4.47. The third kappa shape index (κ3) is 4.12. The van der Waals surface area contributed by atoms with Gasteiger partial charge in [0.25, 0.3) is 5.91 Å². The second-order valence-corrected chi connectivity index (χ2v) is 8.08. The van der Waals surface area contributed by atoms with Crippen LogP contribution in [0.15, 0.2) is 42.6 Å². The van der Waals surface area contributed by atoms with Gasteiger partial charge in [-0.2, -0.15) is 18.3 Å². The smallest absolute Gasteiger partial charge is 0.305 e. The molecular weight excluding hydrogens is 445 g/mol. The van der Waals surface area contributed by atoms with E-state index in [4.69, 9.17) is 11.6 Å². The van der Waals surface area contributed by atoms with E-state index >= 15 is 0 Å². The summed E-state index contributed by atoms with van der Waals surface area (Å²) in [7, 11) is 0. The molecule has 6 nitrogen and oxygen atoms in total. The third-order valence-corrected chi connectivity index (χ3v) is 5.48. The number of anilines is 1. The van der Waals surface area contributed by atoms with Gasteiger partial charge in [0.2, 0.25) is 0 Å². The first-order valence-corrected chi connectivity index (χ1v) is 10.2. The number of hydrogen-bond acceptors (Lipinski definition) is 4. The SMILES string of the molecule is Cc1cc(C(=O)Cc2cnn3c2C(=O)N(c2ccc(C(F)(F)F)cc2)C[C@@H]3C)cc(Cl)n1. The molecule has 0 saturated carbocycles. The predicted molar refractivity (Wildman–Crippen MR) is 112 cm³/mol. The first kappa shape index (κ1) is 22.0. The largest absolute Gasteiger partial charge is 0.416 e. The van der Waals surface area contributed by atoms with Crippen LogP contribution in [0.5, 0.6) is 0 Å². The zero-order valence-electron chi connectivity index (χ0n) is 17.2. The monoisotopic (exact) mass is 462 g/mol. The molecule has 2 aromatic heterocycles. The lowest BCUT2D eigenvalue weighted by Crippen LogP contribution is -2.43. The number of benzene rings is 1. The Balaban J connectivity index is 1.64. The Morgan fingerprint density at radius 1 is 1.22 bits per heavy atom. The number of Topliss-reactive ketones (excluding diaryl/α,β-unsaturated/α-hetero) is 1. The van der Waals surface area contributed by atoms with Crippen LogP contribution in [0, 0.1) is 6.92 Å². The molecule has 10 heteroatoms. The number of amides is 1. The van der Waals surface area contributed by atoms with E-state index in [0.29, 0.717) is 22.5 Å². The first-order chi connectivity index (χ1) is 15.0. The molecule has 166 valence electrons. The highest BCUT2D eigenvalue weighted by Gasteiger charge is 2.35. The predicted octanol–water partition coefficient (Wildman–Crippen LogP) is 4.91. The number of aromatic nitrogens is 3. The molecule has 1 aliphatic heterocycles. The molecule has 0 aliphatic carbocycles. The quantitative estimate of drug-likeness (QED) is 0.408. The van der Waals surface area contributed by atoms with Gasteiger partial charge in [0.1, 0.15) is 10.8 Å². The maximum Gasteiger partial charge on any atom is 0.416 e. The number of carbonyl (C=O) groups is 2. The van der Waals surface area contributed by atoms with Crippen molar-refractivity contribution in [1.82, 2.24) is 14.8 Å². The average molecular weight is 463 g/mol. The maximum absolute atomic E-state index is 13.3. The van der Waals surface area contributed by atoms with Crippen LogP contribution in [0.2, 0.25) is 5.15 Å². The van der Waals surface area contributed by atoms with E-state index < -0.39 is 17.6 Å². The van der Waals surface area contributed by atoms with E-state index in [9.17, 15) is 22.8 Å². The fourth-order valence-corrected chi connectivity index (χ4v) is 4.02. The maximum atomic E-state index is 13.3. The van der Waals surface area contributed by atoms with Crippen LogP contribution < -0.4 is 4.90 Å². The van der Waals surface area contributed by atoms with E-state index in [1.165, 1.54) is 29.3 Å². The van der Waals surface area contributed by atoms with Crippen molar-refractivity contribution in [3.63, 3.8) is 0 Å². The number of hydrogen-bond donors (Lipinski definition) is 0. The molecule has 0 saturated heterocycles. The van der Waals surface area contributed by atoms with Gasteiger partial charge in [0.15, 0.2) is 5.78 Å². The number of fused-ring (bicyclic) bond motifs is 1. The Morgan fingerprint density at radius 2 is 1.91 bits per heavy atom. The molecule has 1 atom stereocenters. The van der Waals surface area contributed by atoms with Crippen molar-refractivity contribution in [2.24, 2.45) is 0 Å². The molecule has 3 aromatic rings. The molecule has 0 bridgehead atoms. The van der Waals surface area contributed by atoms with Crippen molar-refractivity contribution >= 4 is 29.0 Å². The van der Waals surface area contributed by atoms with E-state index in [0.717, 1.165) is 12.1 Å². The summed E-state index contributed by atoms with van der Waals surface area (Å²) in [5.41, 5.74) is 1.20. The normalized spacial score (nSPS) is 16.2. The molecule has 3 heterocycles. The van der Waals surface area contributed by atoms with Gasteiger partial charge in [-0.05, 0) is 50.2 Å². The lowest BCUT2D eigenvalue weighted by Gasteiger charge is -2.32. The standard InChI is InChI=1S/C22H18ClF3N4O2/c1-12-7-14(9-19(23)28-12)18(31)8-15-10-27-30-13(2)11-29(21(32)20(15)30)17-5-3-16(4-6-17)22(24,25)26/h3-7,9-10,13H,8,11H2,1-2H3/t13-/m0/s1. The van der Waals surface area contributed by atoms with E-state index in [1.54, 1.807) is 17.7 Å². The second kappa shape index (κ2) is 8.05. The number of carbonyl (C=O) groups excluding carboxylic acids is 2. The van der Waals surface area contributed by atoms with Crippen LogP contribution in [-0.2, 0) is 12.6 Å². The Kier molecular flexibility index (Phi) is 5.54. The summed E-state index contributed by atoms with van der Waals surface area (Å²) < 4.78 is 40.2. The van der Waals surface area contributed by atoms with Gasteiger partial charge < -0.3 is 4.90 Å². The minimum Gasteiger partial charge on any atom is -0.305 e. The van der Waals surface area contributed by atoms with Crippen molar-refractivity contribution in [3.8, 4) is 0 Å². The molecule has 0 spiro atoms. The number of ketones is 1. The minimum absolute atomic E-state index is 0.0750. The summed E-state index contributed by atoms with van der Waals surface area (Å²) >= 11 is 5.95. The highest BCUT2D eigenvalue weighted by atomic mass is 35.5. The average Bonchev–Trinajstić information content (AvgIpc) is 3.14. The zero-order valence-corrected chi connectivity index (χ0v) is 17.9. The Bertz CT molecular complexity index is 1180. The van der Waals surface area contributed by atoms with E-state index in [-0.39, 0.29) is 35.6 Å². The van der Waals surface area contributed by atoms with Crippen LogP contribution >= 0.6 is 11.6 Å². The Hall–Kier alpha value is -3.20. The fourth-order valence-electron chi connectivity index (χ4n) is 3.77. The lowest BCUT2D eigenvalue weighted by molar-refractivity contribution is -0.137. The summed E-state index contributed by atoms with van der Waals surface area (Å²) in [5.74, 6) is -0.674. The topological polar surface area (TPSA) is 68.1 Å². The third-order valence-electron chi connectivity index (χ3n) is 5.28. The molecule has 1 aliphatic rings. The molecule has 0 N–H and O–H groups in total. The van der Waals surface area contributed by atoms with Gasteiger partial charge >= 0.3 is 6.18 Å². The van der Waals surface area contributed by atoms with Gasteiger partial charge in [0.05, 0.1) is 17.8 Å². The molecule has 32 heavy (non-hydrogen) atoms. The van der Waals surface area contributed by atoms with Crippen molar-refractivity contribution in [3.05, 3.63) is 75.8 Å². The van der Waals surface area contributed by atoms with Crippen LogP contribution in [0.4, 0.5) is 18.9 Å². The highest BCUT2D eigenvalue weighted by molar-refractivity contribution is 6.29. The number of rotatable bonds is 4. The van der Waals surface area contributed by atoms with Gasteiger partial charge in [-0.3, -0.25) is 14.3 Å². The molecule has 1 amide bonds. The highest BCUT2D eigenvalue weighted by Crippen LogP contribution is 2.33. The van der Waals surface area contributed by atoms with Crippen LogP contribution in [0.25, 0.3) is 0 Å². The summed E-state index contributed by atoms with van der Waals surface area (Å²) in [6, 6.07) is 7.28. The van der Waals surface area contributed by atoms with Crippen molar-refractivity contribution in [1.29, 1.82) is 0 Å². The van der Waals surface area contributed by atoms with Gasteiger partial charge in [-0.1, -0.05) is 11.6 Å². The van der Waals surface area contributed by atoms with E-state index in [1.807, 2.05) is 6.92 Å². The Morgan fingerprint density at radius 3 is 2.53 bits per heavy atom.